The van der Waals surface area contributed by atoms with E-state index in [0.29, 0.717) is 21.9 Å². The second-order valence-corrected chi connectivity index (χ2v) is 6.94. The summed E-state index contributed by atoms with van der Waals surface area (Å²) in [6, 6.07) is 11.3. The van der Waals surface area contributed by atoms with Gasteiger partial charge >= 0.3 is 0 Å². The monoisotopic (exact) mass is 445 g/mol. The van der Waals surface area contributed by atoms with Crippen LogP contribution >= 0.6 is 15.9 Å². The minimum atomic E-state index is -0.144. The maximum atomic E-state index is 11.7. The molecule has 0 radical (unpaired) electrons. The van der Waals surface area contributed by atoms with E-state index in [1.807, 2.05) is 30.3 Å². The number of ether oxygens (including phenoxy) is 2. The molecule has 0 bridgehead atoms. The second kappa shape index (κ2) is 8.75. The van der Waals surface area contributed by atoms with E-state index in [2.05, 4.69) is 36.4 Å². The Kier molecular flexibility index (Phi) is 6.15. The molecule has 1 aromatic heterocycles. The first-order valence-electron chi connectivity index (χ1n) is 8.42. The molecule has 2 aromatic carbocycles. The van der Waals surface area contributed by atoms with Crippen molar-refractivity contribution in [2.24, 2.45) is 5.10 Å². The summed E-state index contributed by atoms with van der Waals surface area (Å²) in [7, 11) is 4.88. The second-order valence-electron chi connectivity index (χ2n) is 6.08. The fraction of sp³-hybridized carbons (Fsp3) is 0.211. The molecule has 3 rings (SSSR count). The lowest BCUT2D eigenvalue weighted by molar-refractivity contribution is -0.130. The summed E-state index contributed by atoms with van der Waals surface area (Å²) < 4.78 is 11.6. The van der Waals surface area contributed by atoms with Crippen LogP contribution in [0.25, 0.3) is 11.0 Å². The third-order valence-electron chi connectivity index (χ3n) is 3.86. The van der Waals surface area contributed by atoms with E-state index < -0.39 is 0 Å². The van der Waals surface area contributed by atoms with Gasteiger partial charge in [-0.3, -0.25) is 4.79 Å². The molecule has 0 unspecified atom stereocenters. The molecule has 8 nitrogen and oxygen atoms in total. The average molecular weight is 446 g/mol. The molecule has 146 valence electrons. The zero-order chi connectivity index (χ0) is 20.1. The number of rotatable bonds is 7. The molecule has 28 heavy (non-hydrogen) atoms. The van der Waals surface area contributed by atoms with Crippen LogP contribution in [-0.4, -0.2) is 54.8 Å². The molecular formula is C19H20BrN5O3. The van der Waals surface area contributed by atoms with Crippen molar-refractivity contribution in [1.29, 1.82) is 0 Å². The molecule has 1 heterocycles. The highest BCUT2D eigenvalue weighted by Gasteiger charge is 2.14. The van der Waals surface area contributed by atoms with Crippen LogP contribution in [0.2, 0.25) is 0 Å². The number of carbonyl (C=O) groups excluding carboxylic acids is 1. The zero-order valence-electron chi connectivity index (χ0n) is 15.7. The number of hydrazone groups is 1. The Labute approximate surface area is 170 Å². The highest BCUT2D eigenvalue weighted by Crippen LogP contribution is 2.36. The van der Waals surface area contributed by atoms with Gasteiger partial charge in [0.2, 0.25) is 5.95 Å². The lowest BCUT2D eigenvalue weighted by Crippen LogP contribution is -2.27. The Balaban J connectivity index is 1.72. The van der Waals surface area contributed by atoms with E-state index in [1.165, 1.54) is 12.0 Å². The van der Waals surface area contributed by atoms with E-state index in [0.717, 1.165) is 16.6 Å². The first-order valence-corrected chi connectivity index (χ1v) is 9.21. The number of H-pyrrole nitrogens is 1. The number of hydrogen-bond donors (Lipinski definition) is 2. The number of para-hydroxylation sites is 2. The number of nitrogens with zero attached hydrogens (tertiary/aromatic N) is 3. The molecule has 0 spiro atoms. The van der Waals surface area contributed by atoms with Crippen LogP contribution in [0.1, 0.15) is 5.56 Å². The molecule has 0 aliphatic heterocycles. The van der Waals surface area contributed by atoms with Crippen LogP contribution in [0.4, 0.5) is 5.95 Å². The van der Waals surface area contributed by atoms with E-state index in [-0.39, 0.29) is 12.5 Å². The maximum Gasteiger partial charge on any atom is 0.259 e. The molecule has 0 aliphatic rings. The molecule has 1 amide bonds. The largest absolute Gasteiger partial charge is 0.493 e. The highest BCUT2D eigenvalue weighted by molar-refractivity contribution is 9.10. The fourth-order valence-corrected chi connectivity index (χ4v) is 2.97. The predicted octanol–water partition coefficient (Wildman–Crippen LogP) is 3.25. The lowest BCUT2D eigenvalue weighted by Gasteiger charge is -2.15. The van der Waals surface area contributed by atoms with Crippen LogP contribution in [0.3, 0.4) is 0 Å². The number of likely N-dealkylation sites (N-methyl/N-ethyl adjacent to an activating group) is 1. The Morgan fingerprint density at radius 2 is 2.14 bits per heavy atom. The number of halogens is 1. The molecule has 9 heteroatoms. The minimum absolute atomic E-state index is 0.0804. The number of benzene rings is 2. The summed E-state index contributed by atoms with van der Waals surface area (Å²) in [5, 5.41) is 4.20. The van der Waals surface area contributed by atoms with Crippen molar-refractivity contribution in [2.75, 3.05) is 33.2 Å². The maximum absolute atomic E-state index is 11.7. The molecule has 0 atom stereocenters. The summed E-state index contributed by atoms with van der Waals surface area (Å²) in [5.41, 5.74) is 5.44. The van der Waals surface area contributed by atoms with Crippen molar-refractivity contribution in [1.82, 2.24) is 14.9 Å². The first kappa shape index (κ1) is 19.7. The number of carbonyl (C=O) groups is 1. The molecule has 0 saturated carbocycles. The minimum Gasteiger partial charge on any atom is -0.493 e. The van der Waals surface area contributed by atoms with Gasteiger partial charge in [-0.25, -0.2) is 10.4 Å². The van der Waals surface area contributed by atoms with Crippen LogP contribution < -0.4 is 14.9 Å². The number of fused-ring (bicyclic) bond motifs is 1. The van der Waals surface area contributed by atoms with E-state index in [9.17, 15) is 4.79 Å². The van der Waals surface area contributed by atoms with Crippen molar-refractivity contribution in [3.8, 4) is 11.5 Å². The van der Waals surface area contributed by atoms with Gasteiger partial charge in [0, 0.05) is 14.1 Å². The van der Waals surface area contributed by atoms with Gasteiger partial charge in [0.1, 0.15) is 0 Å². The van der Waals surface area contributed by atoms with Gasteiger partial charge in [-0.15, -0.1) is 0 Å². The fourth-order valence-electron chi connectivity index (χ4n) is 2.39. The molecule has 3 aromatic rings. The molecule has 0 fully saturated rings. The van der Waals surface area contributed by atoms with Crippen LogP contribution in [0, 0.1) is 0 Å². The first-order chi connectivity index (χ1) is 13.5. The molecular weight excluding hydrogens is 426 g/mol. The van der Waals surface area contributed by atoms with E-state index in [1.54, 1.807) is 26.4 Å². The SMILES string of the molecule is COc1cc(/C=N/Nc2nc3ccccc3[nH]2)cc(Br)c1OCC(=O)N(C)C. The van der Waals surface area contributed by atoms with Gasteiger partial charge in [-0.2, -0.15) is 5.10 Å². The van der Waals surface area contributed by atoms with Gasteiger partial charge < -0.3 is 19.4 Å². The number of hydrogen-bond acceptors (Lipinski definition) is 6. The topological polar surface area (TPSA) is 91.8 Å². The van der Waals surface area contributed by atoms with Crippen molar-refractivity contribution >= 4 is 45.0 Å². The van der Waals surface area contributed by atoms with Crippen molar-refractivity contribution < 1.29 is 14.3 Å². The van der Waals surface area contributed by atoms with Crippen LogP contribution in [-0.2, 0) is 4.79 Å². The Morgan fingerprint density at radius 1 is 1.36 bits per heavy atom. The van der Waals surface area contributed by atoms with Gasteiger partial charge in [0.25, 0.3) is 5.91 Å². The number of nitrogens with one attached hydrogen (secondary N) is 2. The quantitative estimate of drug-likeness (QED) is 0.430. The van der Waals surface area contributed by atoms with E-state index >= 15 is 0 Å². The van der Waals surface area contributed by atoms with E-state index in [4.69, 9.17) is 9.47 Å². The molecule has 2 N–H and O–H groups in total. The van der Waals surface area contributed by atoms with Gasteiger partial charge in [0.15, 0.2) is 18.1 Å². The Bertz CT molecular complexity index is 983. The van der Waals surface area contributed by atoms with Crippen LogP contribution in [0.15, 0.2) is 46.0 Å². The number of aromatic amines is 1. The standard InChI is InChI=1S/C19H20BrN5O3/c1-25(2)17(26)11-28-18-13(20)8-12(9-16(18)27-3)10-21-24-19-22-14-6-4-5-7-15(14)23-19/h4-10H,11H2,1-3H3,(H2,22,23,24)/b21-10+. The summed E-state index contributed by atoms with van der Waals surface area (Å²) in [6.07, 6.45) is 1.63. The van der Waals surface area contributed by atoms with Gasteiger partial charge in [-0.1, -0.05) is 12.1 Å². The lowest BCUT2D eigenvalue weighted by atomic mass is 10.2. The number of amides is 1. The zero-order valence-corrected chi connectivity index (χ0v) is 17.3. The molecule has 0 saturated heterocycles. The summed E-state index contributed by atoms with van der Waals surface area (Å²) in [6.45, 7) is -0.0804. The highest BCUT2D eigenvalue weighted by atomic mass is 79.9. The summed E-state index contributed by atoms with van der Waals surface area (Å²) in [5.74, 6) is 1.35. The summed E-state index contributed by atoms with van der Waals surface area (Å²) >= 11 is 3.46. The Hall–Kier alpha value is -3.07. The normalized spacial score (nSPS) is 11.0. The third kappa shape index (κ3) is 4.61. The van der Waals surface area contributed by atoms with Crippen molar-refractivity contribution in [3.05, 3.63) is 46.4 Å². The van der Waals surface area contributed by atoms with Gasteiger partial charge in [-0.05, 0) is 45.8 Å². The van der Waals surface area contributed by atoms with Crippen LogP contribution in [0.5, 0.6) is 11.5 Å². The molecule has 0 aliphatic carbocycles. The van der Waals surface area contributed by atoms with Crippen molar-refractivity contribution in [3.63, 3.8) is 0 Å². The third-order valence-corrected chi connectivity index (χ3v) is 4.45. The number of anilines is 1. The van der Waals surface area contributed by atoms with Crippen molar-refractivity contribution in [2.45, 2.75) is 0 Å². The van der Waals surface area contributed by atoms with Gasteiger partial charge in [0.05, 0.1) is 28.8 Å². The summed E-state index contributed by atoms with van der Waals surface area (Å²) in [4.78, 5) is 20.7. The number of imidazole rings is 1. The smallest absolute Gasteiger partial charge is 0.259 e. The Morgan fingerprint density at radius 3 is 2.86 bits per heavy atom. The predicted molar refractivity (Wildman–Crippen MR) is 112 cm³/mol. The average Bonchev–Trinajstić information content (AvgIpc) is 3.09. The number of aromatic nitrogens is 2. The number of methoxy groups -OCH3 is 1.